The molecule has 0 amide bonds. The number of benzene rings is 2. The molecule has 0 aliphatic rings. The standard InChI is InChI=1S/C15H12N2O3/c18-15-6-2-1-5-14(15)16-11-3-4-12-7-9-13(10-8-12)17(19)20/h1-11,18H. The lowest BCUT2D eigenvalue weighted by molar-refractivity contribution is -0.384. The van der Waals surface area contributed by atoms with E-state index in [-0.39, 0.29) is 11.4 Å². The molecular formula is C15H12N2O3. The van der Waals surface area contributed by atoms with Crippen LogP contribution in [0.4, 0.5) is 11.4 Å². The summed E-state index contributed by atoms with van der Waals surface area (Å²) in [7, 11) is 0. The molecule has 2 rings (SSSR count). The van der Waals surface area contributed by atoms with Gasteiger partial charge in [-0.05, 0) is 35.9 Å². The largest absolute Gasteiger partial charge is 0.506 e. The van der Waals surface area contributed by atoms with Gasteiger partial charge in [0.2, 0.25) is 0 Å². The molecule has 0 fully saturated rings. The molecule has 0 aliphatic heterocycles. The Morgan fingerprint density at radius 1 is 1.10 bits per heavy atom. The van der Waals surface area contributed by atoms with Crippen molar-refractivity contribution < 1.29 is 10.0 Å². The van der Waals surface area contributed by atoms with Gasteiger partial charge < -0.3 is 5.11 Å². The van der Waals surface area contributed by atoms with Crippen molar-refractivity contribution in [2.45, 2.75) is 0 Å². The molecule has 0 aliphatic carbocycles. The van der Waals surface area contributed by atoms with E-state index in [9.17, 15) is 15.2 Å². The molecule has 5 heteroatoms. The van der Waals surface area contributed by atoms with Crippen LogP contribution < -0.4 is 0 Å². The average Bonchev–Trinajstić information content (AvgIpc) is 2.46. The Hall–Kier alpha value is -2.95. The molecule has 0 saturated heterocycles. The number of phenolic OH excluding ortho intramolecular Hbond substituents is 1. The van der Waals surface area contributed by atoms with Crippen molar-refractivity contribution >= 4 is 23.7 Å². The number of aliphatic imine (C=N–C) groups is 1. The molecule has 0 bridgehead atoms. The van der Waals surface area contributed by atoms with Crippen molar-refractivity contribution in [1.82, 2.24) is 0 Å². The van der Waals surface area contributed by atoms with Gasteiger partial charge in [-0.15, -0.1) is 0 Å². The number of para-hydroxylation sites is 2. The number of hydrogen-bond donors (Lipinski definition) is 1. The summed E-state index contributed by atoms with van der Waals surface area (Å²) in [6, 6.07) is 13.0. The van der Waals surface area contributed by atoms with Gasteiger partial charge in [-0.25, -0.2) is 0 Å². The molecule has 2 aromatic carbocycles. The molecule has 0 saturated carbocycles. The number of nitro groups is 1. The lowest BCUT2D eigenvalue weighted by atomic mass is 10.2. The van der Waals surface area contributed by atoms with Crippen molar-refractivity contribution in [2.75, 3.05) is 0 Å². The lowest BCUT2D eigenvalue weighted by Crippen LogP contribution is -1.86. The molecule has 100 valence electrons. The number of aromatic hydroxyl groups is 1. The summed E-state index contributed by atoms with van der Waals surface area (Å²) in [5.74, 6) is 0.118. The van der Waals surface area contributed by atoms with Crippen LogP contribution in [0.3, 0.4) is 0 Å². The molecule has 0 atom stereocenters. The SMILES string of the molecule is O=[N+]([O-])c1ccc(C=CC=Nc2ccccc2O)cc1. The van der Waals surface area contributed by atoms with E-state index in [1.54, 1.807) is 54.8 Å². The van der Waals surface area contributed by atoms with Crippen molar-refractivity contribution in [3.63, 3.8) is 0 Å². The highest BCUT2D eigenvalue weighted by atomic mass is 16.6. The van der Waals surface area contributed by atoms with Gasteiger partial charge in [0.1, 0.15) is 11.4 Å². The second-order valence-corrected chi connectivity index (χ2v) is 3.97. The predicted octanol–water partition coefficient (Wildman–Crippen LogP) is 3.72. The second-order valence-electron chi connectivity index (χ2n) is 3.97. The molecule has 0 spiro atoms. The van der Waals surface area contributed by atoms with Crippen LogP contribution in [0.1, 0.15) is 5.56 Å². The van der Waals surface area contributed by atoms with Crippen LogP contribution in [-0.4, -0.2) is 16.2 Å². The number of hydrogen-bond acceptors (Lipinski definition) is 4. The fraction of sp³-hybridized carbons (Fsp3) is 0. The van der Waals surface area contributed by atoms with Crippen molar-refractivity contribution in [3.8, 4) is 5.75 Å². The predicted molar refractivity (Wildman–Crippen MR) is 78.4 cm³/mol. The topological polar surface area (TPSA) is 75.7 Å². The van der Waals surface area contributed by atoms with Crippen LogP contribution >= 0.6 is 0 Å². The highest BCUT2D eigenvalue weighted by Gasteiger charge is 2.01. The van der Waals surface area contributed by atoms with Gasteiger partial charge in [0, 0.05) is 18.3 Å². The monoisotopic (exact) mass is 268 g/mol. The first kappa shape index (κ1) is 13.5. The van der Waals surface area contributed by atoms with Gasteiger partial charge in [-0.2, -0.15) is 0 Å². The van der Waals surface area contributed by atoms with E-state index in [0.29, 0.717) is 5.69 Å². The third-order valence-electron chi connectivity index (χ3n) is 2.57. The number of nitrogens with zero attached hydrogens (tertiary/aromatic N) is 2. The van der Waals surface area contributed by atoms with Crippen molar-refractivity contribution in [1.29, 1.82) is 0 Å². The van der Waals surface area contributed by atoms with Gasteiger partial charge in [-0.3, -0.25) is 15.1 Å². The van der Waals surface area contributed by atoms with E-state index >= 15 is 0 Å². The van der Waals surface area contributed by atoms with Crippen LogP contribution in [0.5, 0.6) is 5.75 Å². The van der Waals surface area contributed by atoms with E-state index in [2.05, 4.69) is 4.99 Å². The first-order chi connectivity index (χ1) is 9.66. The summed E-state index contributed by atoms with van der Waals surface area (Å²) in [5, 5.41) is 20.0. The number of allylic oxidation sites excluding steroid dienone is 1. The first-order valence-corrected chi connectivity index (χ1v) is 5.90. The molecule has 0 heterocycles. The van der Waals surface area contributed by atoms with Gasteiger partial charge in [-0.1, -0.05) is 18.2 Å². The van der Waals surface area contributed by atoms with E-state index < -0.39 is 4.92 Å². The Balaban J connectivity index is 2.03. The number of non-ortho nitro benzene ring substituents is 1. The van der Waals surface area contributed by atoms with Crippen LogP contribution in [0.15, 0.2) is 59.6 Å². The summed E-state index contributed by atoms with van der Waals surface area (Å²) < 4.78 is 0. The van der Waals surface area contributed by atoms with E-state index in [1.807, 2.05) is 0 Å². The molecule has 0 unspecified atom stereocenters. The molecular weight excluding hydrogens is 256 g/mol. The summed E-state index contributed by atoms with van der Waals surface area (Å²) in [6.07, 6.45) is 5.03. The fourth-order valence-electron chi connectivity index (χ4n) is 1.56. The summed E-state index contributed by atoms with van der Waals surface area (Å²) in [5.41, 5.74) is 1.38. The minimum atomic E-state index is -0.437. The lowest BCUT2D eigenvalue weighted by Gasteiger charge is -1.95. The third-order valence-corrected chi connectivity index (χ3v) is 2.57. The first-order valence-electron chi connectivity index (χ1n) is 5.90. The van der Waals surface area contributed by atoms with E-state index in [1.165, 1.54) is 12.1 Å². The average molecular weight is 268 g/mol. The van der Waals surface area contributed by atoms with Gasteiger partial charge in [0.05, 0.1) is 4.92 Å². The van der Waals surface area contributed by atoms with Crippen molar-refractivity contribution in [3.05, 3.63) is 70.3 Å². The molecule has 5 nitrogen and oxygen atoms in total. The smallest absolute Gasteiger partial charge is 0.269 e. The summed E-state index contributed by atoms with van der Waals surface area (Å²) in [4.78, 5) is 14.2. The van der Waals surface area contributed by atoms with Crippen molar-refractivity contribution in [2.24, 2.45) is 4.99 Å². The Labute approximate surface area is 115 Å². The molecule has 0 radical (unpaired) electrons. The second kappa shape index (κ2) is 6.29. The number of rotatable bonds is 4. The minimum absolute atomic E-state index is 0.0602. The zero-order chi connectivity index (χ0) is 14.4. The number of phenols is 1. The van der Waals surface area contributed by atoms with Crippen LogP contribution in [-0.2, 0) is 0 Å². The maximum absolute atomic E-state index is 10.5. The van der Waals surface area contributed by atoms with Gasteiger partial charge in [0.25, 0.3) is 5.69 Å². The fourth-order valence-corrected chi connectivity index (χ4v) is 1.56. The van der Waals surface area contributed by atoms with Crippen LogP contribution in [0, 0.1) is 10.1 Å². The molecule has 0 aromatic heterocycles. The Bertz CT molecular complexity index is 661. The zero-order valence-corrected chi connectivity index (χ0v) is 10.5. The van der Waals surface area contributed by atoms with Gasteiger partial charge in [0.15, 0.2) is 0 Å². The van der Waals surface area contributed by atoms with E-state index in [0.717, 1.165) is 5.56 Å². The zero-order valence-electron chi connectivity index (χ0n) is 10.5. The number of nitro benzene ring substituents is 1. The third kappa shape index (κ3) is 3.52. The normalized spacial score (nSPS) is 11.2. The summed E-state index contributed by atoms with van der Waals surface area (Å²) in [6.45, 7) is 0. The quantitative estimate of drug-likeness (QED) is 0.521. The maximum atomic E-state index is 10.5. The Kier molecular flexibility index (Phi) is 4.24. The van der Waals surface area contributed by atoms with Crippen LogP contribution in [0.25, 0.3) is 6.08 Å². The molecule has 1 N–H and O–H groups in total. The maximum Gasteiger partial charge on any atom is 0.269 e. The Morgan fingerprint density at radius 2 is 1.80 bits per heavy atom. The van der Waals surface area contributed by atoms with Gasteiger partial charge >= 0.3 is 0 Å². The molecule has 2 aromatic rings. The van der Waals surface area contributed by atoms with E-state index in [4.69, 9.17) is 0 Å². The highest BCUT2D eigenvalue weighted by molar-refractivity contribution is 5.81. The minimum Gasteiger partial charge on any atom is -0.506 e. The van der Waals surface area contributed by atoms with Crippen LogP contribution in [0.2, 0.25) is 0 Å². The molecule has 20 heavy (non-hydrogen) atoms. The highest BCUT2D eigenvalue weighted by Crippen LogP contribution is 2.24. The Morgan fingerprint density at radius 3 is 2.45 bits per heavy atom. The summed E-state index contributed by atoms with van der Waals surface area (Å²) >= 11 is 0.